The van der Waals surface area contributed by atoms with Crippen LogP contribution in [-0.4, -0.2) is 61.8 Å². The summed E-state index contributed by atoms with van der Waals surface area (Å²) < 4.78 is 10.00. The number of hydrogen-bond acceptors (Lipinski definition) is 5. The molecular weight excluding hydrogens is 248 g/mol. The number of carbonyl (C=O) groups excluding carboxylic acids is 2. The predicted molar refractivity (Wildman–Crippen MR) is 70.7 cm³/mol. The van der Waals surface area contributed by atoms with E-state index in [-0.39, 0.29) is 30.6 Å². The second kappa shape index (κ2) is 6.86. The number of hydrogen-bond donors (Lipinski definition) is 1. The van der Waals surface area contributed by atoms with Gasteiger partial charge in [0.2, 0.25) is 5.91 Å². The summed E-state index contributed by atoms with van der Waals surface area (Å²) in [5, 5.41) is 2.96. The maximum Gasteiger partial charge on any atom is 0.325 e. The Labute approximate surface area is 114 Å². The topological polar surface area (TPSA) is 67.9 Å². The average Bonchev–Trinajstić information content (AvgIpc) is 2.37. The van der Waals surface area contributed by atoms with Gasteiger partial charge in [-0.1, -0.05) is 6.92 Å². The molecule has 1 saturated heterocycles. The lowest BCUT2D eigenvalue weighted by molar-refractivity contribution is -0.154. The molecule has 1 atom stereocenters. The minimum atomic E-state index is -0.491. The SMILES string of the molecule is CCC(C)(C)NC(=O)CN1CCOCC1C(=O)OC. The first-order valence-corrected chi connectivity index (χ1v) is 6.60. The van der Waals surface area contributed by atoms with Crippen molar-refractivity contribution in [1.29, 1.82) is 0 Å². The monoisotopic (exact) mass is 272 g/mol. The Bertz CT molecular complexity index is 331. The van der Waals surface area contributed by atoms with Gasteiger partial charge < -0.3 is 14.8 Å². The third-order valence-electron chi connectivity index (χ3n) is 3.42. The van der Waals surface area contributed by atoms with Crippen LogP contribution in [0.4, 0.5) is 0 Å². The number of amides is 1. The first-order chi connectivity index (χ1) is 8.89. The van der Waals surface area contributed by atoms with Crippen LogP contribution in [0.15, 0.2) is 0 Å². The van der Waals surface area contributed by atoms with Crippen molar-refractivity contribution < 1.29 is 19.1 Å². The van der Waals surface area contributed by atoms with E-state index in [4.69, 9.17) is 9.47 Å². The van der Waals surface area contributed by atoms with Gasteiger partial charge in [0.05, 0.1) is 26.9 Å². The zero-order valence-corrected chi connectivity index (χ0v) is 12.2. The number of carbonyl (C=O) groups is 2. The largest absolute Gasteiger partial charge is 0.468 e. The molecule has 6 heteroatoms. The predicted octanol–water partition coefficient (Wildman–Crippen LogP) is 0.165. The molecule has 0 aliphatic carbocycles. The molecule has 6 nitrogen and oxygen atoms in total. The first-order valence-electron chi connectivity index (χ1n) is 6.60. The summed E-state index contributed by atoms with van der Waals surface area (Å²) >= 11 is 0. The molecule has 0 aromatic rings. The fourth-order valence-corrected chi connectivity index (χ4v) is 1.87. The van der Waals surface area contributed by atoms with Gasteiger partial charge in [0.25, 0.3) is 0 Å². The van der Waals surface area contributed by atoms with Crippen LogP contribution in [0.1, 0.15) is 27.2 Å². The summed E-state index contributed by atoms with van der Waals surface area (Å²) in [5.74, 6) is -0.440. The molecule has 19 heavy (non-hydrogen) atoms. The molecule has 1 rings (SSSR count). The van der Waals surface area contributed by atoms with Crippen molar-refractivity contribution in [3.63, 3.8) is 0 Å². The van der Waals surface area contributed by atoms with E-state index in [9.17, 15) is 9.59 Å². The number of rotatable bonds is 5. The van der Waals surface area contributed by atoms with Crippen molar-refractivity contribution in [2.45, 2.75) is 38.8 Å². The summed E-state index contributed by atoms with van der Waals surface area (Å²) in [7, 11) is 1.34. The zero-order valence-electron chi connectivity index (χ0n) is 12.2. The van der Waals surface area contributed by atoms with Crippen molar-refractivity contribution in [2.75, 3.05) is 33.4 Å². The highest BCUT2D eigenvalue weighted by Gasteiger charge is 2.32. The van der Waals surface area contributed by atoms with Gasteiger partial charge in [-0.15, -0.1) is 0 Å². The highest BCUT2D eigenvalue weighted by Crippen LogP contribution is 2.10. The van der Waals surface area contributed by atoms with Crippen LogP contribution in [0, 0.1) is 0 Å². The maximum atomic E-state index is 12.0. The quantitative estimate of drug-likeness (QED) is 0.722. The Balaban J connectivity index is 2.57. The molecule has 1 amide bonds. The fraction of sp³-hybridized carbons (Fsp3) is 0.846. The minimum absolute atomic E-state index is 0.0809. The molecule has 110 valence electrons. The second-order valence-corrected chi connectivity index (χ2v) is 5.37. The molecule has 0 aromatic heterocycles. The first kappa shape index (κ1) is 15.9. The van der Waals surface area contributed by atoms with Gasteiger partial charge in [-0.3, -0.25) is 14.5 Å². The molecule has 1 aliphatic rings. The molecule has 0 aromatic carbocycles. The Kier molecular flexibility index (Phi) is 5.75. The average molecular weight is 272 g/mol. The van der Waals surface area contributed by atoms with Crippen molar-refractivity contribution in [2.24, 2.45) is 0 Å². The molecule has 0 bridgehead atoms. The van der Waals surface area contributed by atoms with Gasteiger partial charge in [-0.2, -0.15) is 0 Å². The summed E-state index contributed by atoms with van der Waals surface area (Å²) in [6, 6.07) is -0.491. The van der Waals surface area contributed by atoms with Crippen molar-refractivity contribution >= 4 is 11.9 Å². The Hall–Kier alpha value is -1.14. The molecule has 1 aliphatic heterocycles. The standard InChI is InChI=1S/C13H24N2O4/c1-5-13(2,3)14-11(16)8-15-6-7-19-9-10(15)12(17)18-4/h10H,5-9H2,1-4H3,(H,14,16). The lowest BCUT2D eigenvalue weighted by atomic mass is 10.0. The highest BCUT2D eigenvalue weighted by molar-refractivity contribution is 5.81. The van der Waals surface area contributed by atoms with Crippen LogP contribution >= 0.6 is 0 Å². The molecule has 0 radical (unpaired) electrons. The van der Waals surface area contributed by atoms with Gasteiger partial charge in [-0.25, -0.2) is 0 Å². The van der Waals surface area contributed by atoms with E-state index in [2.05, 4.69) is 5.32 Å². The van der Waals surface area contributed by atoms with Gasteiger partial charge in [-0.05, 0) is 20.3 Å². The Morgan fingerprint density at radius 3 is 2.74 bits per heavy atom. The van der Waals surface area contributed by atoms with Crippen molar-refractivity contribution in [3.05, 3.63) is 0 Å². The number of ether oxygens (including phenoxy) is 2. The summed E-state index contributed by atoms with van der Waals surface area (Å²) in [6.07, 6.45) is 0.849. The lowest BCUT2D eigenvalue weighted by Crippen LogP contribution is -2.55. The van der Waals surface area contributed by atoms with Gasteiger partial charge in [0, 0.05) is 12.1 Å². The molecule has 1 N–H and O–H groups in total. The molecular formula is C13H24N2O4. The Morgan fingerprint density at radius 2 is 2.16 bits per heavy atom. The minimum Gasteiger partial charge on any atom is -0.468 e. The normalized spacial score (nSPS) is 20.9. The number of nitrogens with one attached hydrogen (secondary N) is 1. The van der Waals surface area contributed by atoms with E-state index >= 15 is 0 Å². The summed E-state index contributed by atoms with van der Waals surface area (Å²) in [4.78, 5) is 25.4. The lowest BCUT2D eigenvalue weighted by Gasteiger charge is -2.34. The summed E-state index contributed by atoms with van der Waals surface area (Å²) in [5.41, 5.74) is -0.232. The molecule has 0 spiro atoms. The molecule has 1 heterocycles. The zero-order chi connectivity index (χ0) is 14.5. The summed E-state index contributed by atoms with van der Waals surface area (Å²) in [6.45, 7) is 7.51. The number of esters is 1. The van der Waals surface area contributed by atoms with E-state index < -0.39 is 6.04 Å². The van der Waals surface area contributed by atoms with Crippen LogP contribution in [0.25, 0.3) is 0 Å². The van der Waals surface area contributed by atoms with Crippen LogP contribution in [-0.2, 0) is 19.1 Å². The molecule has 1 unspecified atom stereocenters. The number of methoxy groups -OCH3 is 1. The van der Waals surface area contributed by atoms with Gasteiger partial charge in [0.1, 0.15) is 6.04 Å². The molecule has 0 saturated carbocycles. The molecule has 1 fully saturated rings. The third-order valence-corrected chi connectivity index (χ3v) is 3.42. The maximum absolute atomic E-state index is 12.0. The Morgan fingerprint density at radius 1 is 1.47 bits per heavy atom. The third kappa shape index (κ3) is 4.80. The van der Waals surface area contributed by atoms with Crippen molar-refractivity contribution in [1.82, 2.24) is 10.2 Å². The van der Waals surface area contributed by atoms with E-state index in [0.29, 0.717) is 13.2 Å². The number of morpholine rings is 1. The highest BCUT2D eigenvalue weighted by atomic mass is 16.5. The van der Waals surface area contributed by atoms with Crippen LogP contribution in [0.2, 0.25) is 0 Å². The van der Waals surface area contributed by atoms with Crippen LogP contribution < -0.4 is 5.32 Å². The van der Waals surface area contributed by atoms with Crippen LogP contribution in [0.5, 0.6) is 0 Å². The van der Waals surface area contributed by atoms with E-state index in [1.54, 1.807) is 4.90 Å². The van der Waals surface area contributed by atoms with E-state index in [0.717, 1.165) is 6.42 Å². The smallest absolute Gasteiger partial charge is 0.325 e. The van der Waals surface area contributed by atoms with Gasteiger partial charge >= 0.3 is 5.97 Å². The fourth-order valence-electron chi connectivity index (χ4n) is 1.87. The van der Waals surface area contributed by atoms with E-state index in [1.807, 2.05) is 20.8 Å². The van der Waals surface area contributed by atoms with Crippen LogP contribution in [0.3, 0.4) is 0 Å². The second-order valence-electron chi connectivity index (χ2n) is 5.37. The van der Waals surface area contributed by atoms with Gasteiger partial charge in [0.15, 0.2) is 0 Å². The number of nitrogens with zero attached hydrogens (tertiary/aromatic N) is 1. The van der Waals surface area contributed by atoms with E-state index in [1.165, 1.54) is 7.11 Å². The van der Waals surface area contributed by atoms with Crippen molar-refractivity contribution in [3.8, 4) is 0 Å².